The van der Waals surface area contributed by atoms with Crippen LogP contribution in [0.25, 0.3) is 22.3 Å². The molecule has 0 saturated carbocycles. The number of anilines is 2. The number of hydrogen-bond acceptors (Lipinski definition) is 4. The standard InChI is InChI=1S/C27H24N2O4/c1-4-18-10-11-21(28-17(3)30)14-23(18)29-27(32)20-8-6-19(7-9-20)26-15-24(31)22-13-16(2)5-12-25(22)33-26/h5-15H,4H2,1-3H3,(H,28,30)(H,29,32). The molecular weight excluding hydrogens is 416 g/mol. The van der Waals surface area contributed by atoms with E-state index >= 15 is 0 Å². The lowest BCUT2D eigenvalue weighted by atomic mass is 10.1. The maximum Gasteiger partial charge on any atom is 0.255 e. The van der Waals surface area contributed by atoms with Crippen LogP contribution in [0.15, 0.2) is 75.9 Å². The van der Waals surface area contributed by atoms with Gasteiger partial charge in [-0.25, -0.2) is 0 Å². The Balaban J connectivity index is 1.58. The molecule has 2 amide bonds. The molecule has 2 N–H and O–H groups in total. The summed E-state index contributed by atoms with van der Waals surface area (Å²) >= 11 is 0. The highest BCUT2D eigenvalue weighted by atomic mass is 16.3. The molecule has 0 spiro atoms. The van der Waals surface area contributed by atoms with Gasteiger partial charge in [-0.3, -0.25) is 14.4 Å². The average molecular weight is 440 g/mol. The maximum absolute atomic E-state index is 12.9. The highest BCUT2D eigenvalue weighted by Crippen LogP contribution is 2.25. The van der Waals surface area contributed by atoms with Gasteiger partial charge in [0, 0.05) is 35.5 Å². The van der Waals surface area contributed by atoms with Gasteiger partial charge in [0.15, 0.2) is 5.43 Å². The van der Waals surface area contributed by atoms with Crippen molar-refractivity contribution >= 4 is 34.2 Å². The van der Waals surface area contributed by atoms with Crippen molar-refractivity contribution < 1.29 is 14.0 Å². The van der Waals surface area contributed by atoms with Gasteiger partial charge in [-0.2, -0.15) is 0 Å². The van der Waals surface area contributed by atoms with E-state index in [2.05, 4.69) is 10.6 Å². The molecule has 0 unspecified atom stereocenters. The van der Waals surface area contributed by atoms with Crippen LogP contribution in [0, 0.1) is 6.92 Å². The minimum atomic E-state index is -0.272. The predicted octanol–water partition coefficient (Wildman–Crippen LogP) is 5.54. The Labute approximate surface area is 191 Å². The molecule has 0 aliphatic rings. The van der Waals surface area contributed by atoms with Crippen LogP contribution in [0.3, 0.4) is 0 Å². The van der Waals surface area contributed by atoms with Crippen molar-refractivity contribution in [2.45, 2.75) is 27.2 Å². The Morgan fingerprint density at radius 3 is 2.36 bits per heavy atom. The first-order valence-electron chi connectivity index (χ1n) is 10.7. The Bertz CT molecular complexity index is 1420. The van der Waals surface area contributed by atoms with Crippen molar-refractivity contribution in [2.24, 2.45) is 0 Å². The monoisotopic (exact) mass is 440 g/mol. The van der Waals surface area contributed by atoms with Crippen molar-refractivity contribution in [1.29, 1.82) is 0 Å². The Kier molecular flexibility index (Phi) is 6.09. The predicted molar refractivity (Wildman–Crippen MR) is 131 cm³/mol. The molecule has 6 heteroatoms. The van der Waals surface area contributed by atoms with Gasteiger partial charge in [-0.1, -0.05) is 36.8 Å². The van der Waals surface area contributed by atoms with Gasteiger partial charge in [0.2, 0.25) is 5.91 Å². The van der Waals surface area contributed by atoms with Gasteiger partial charge < -0.3 is 15.1 Å². The normalized spacial score (nSPS) is 10.8. The van der Waals surface area contributed by atoms with E-state index in [0.29, 0.717) is 39.2 Å². The zero-order valence-electron chi connectivity index (χ0n) is 18.7. The minimum Gasteiger partial charge on any atom is -0.456 e. The van der Waals surface area contributed by atoms with Crippen molar-refractivity contribution in [2.75, 3.05) is 10.6 Å². The van der Waals surface area contributed by atoms with E-state index in [1.165, 1.54) is 13.0 Å². The van der Waals surface area contributed by atoms with Crippen molar-refractivity contribution in [3.8, 4) is 11.3 Å². The molecular formula is C27H24N2O4. The summed E-state index contributed by atoms with van der Waals surface area (Å²) in [6.07, 6.45) is 0.732. The van der Waals surface area contributed by atoms with Crippen LogP contribution in [0.4, 0.5) is 11.4 Å². The van der Waals surface area contributed by atoms with Crippen molar-refractivity contribution in [3.05, 3.63) is 93.6 Å². The Morgan fingerprint density at radius 1 is 0.909 bits per heavy atom. The van der Waals surface area contributed by atoms with Gasteiger partial charge in [-0.05, 0) is 55.3 Å². The molecule has 33 heavy (non-hydrogen) atoms. The molecule has 0 aliphatic carbocycles. The van der Waals surface area contributed by atoms with Gasteiger partial charge in [0.05, 0.1) is 5.39 Å². The summed E-state index contributed by atoms with van der Waals surface area (Å²) in [4.78, 5) is 36.7. The molecule has 0 fully saturated rings. The Morgan fingerprint density at radius 2 is 1.67 bits per heavy atom. The second kappa shape index (κ2) is 9.12. The fourth-order valence-corrected chi connectivity index (χ4v) is 3.67. The van der Waals surface area contributed by atoms with Crippen molar-refractivity contribution in [1.82, 2.24) is 0 Å². The van der Waals surface area contributed by atoms with Gasteiger partial charge in [-0.15, -0.1) is 0 Å². The van der Waals surface area contributed by atoms with Crippen LogP contribution < -0.4 is 16.1 Å². The number of carbonyl (C=O) groups excluding carboxylic acids is 2. The topological polar surface area (TPSA) is 88.4 Å². The van der Waals surface area contributed by atoms with Crippen LogP contribution in [-0.2, 0) is 11.2 Å². The number of benzene rings is 3. The number of nitrogens with one attached hydrogen (secondary N) is 2. The van der Waals surface area contributed by atoms with Gasteiger partial charge in [0.1, 0.15) is 11.3 Å². The van der Waals surface area contributed by atoms with Crippen LogP contribution in [0.2, 0.25) is 0 Å². The number of aryl methyl sites for hydroxylation is 2. The zero-order chi connectivity index (χ0) is 23.5. The molecule has 0 atom stereocenters. The summed E-state index contributed by atoms with van der Waals surface area (Å²) in [5.74, 6) is -0.00570. The first-order valence-corrected chi connectivity index (χ1v) is 10.7. The summed E-state index contributed by atoms with van der Waals surface area (Å²) in [6.45, 7) is 5.36. The van der Waals surface area contributed by atoms with Gasteiger partial charge >= 0.3 is 0 Å². The first kappa shape index (κ1) is 22.0. The van der Waals surface area contributed by atoms with E-state index in [1.807, 2.05) is 38.1 Å². The maximum atomic E-state index is 12.9. The fraction of sp³-hybridized carbons (Fsp3) is 0.148. The summed E-state index contributed by atoms with van der Waals surface area (Å²) in [5.41, 5.74) is 4.80. The summed E-state index contributed by atoms with van der Waals surface area (Å²) < 4.78 is 5.92. The van der Waals surface area contributed by atoms with E-state index in [1.54, 1.807) is 36.4 Å². The Hall–Kier alpha value is -4.19. The van der Waals surface area contributed by atoms with Crippen LogP contribution in [-0.4, -0.2) is 11.8 Å². The highest BCUT2D eigenvalue weighted by Gasteiger charge is 2.12. The van der Waals surface area contributed by atoms with Crippen molar-refractivity contribution in [3.63, 3.8) is 0 Å². The summed E-state index contributed by atoms with van der Waals surface area (Å²) in [5, 5.41) is 6.20. The van der Waals surface area contributed by atoms with E-state index in [9.17, 15) is 14.4 Å². The number of rotatable bonds is 5. The first-order chi connectivity index (χ1) is 15.8. The minimum absolute atomic E-state index is 0.108. The van der Waals surface area contributed by atoms with E-state index in [4.69, 9.17) is 4.42 Å². The second-order valence-corrected chi connectivity index (χ2v) is 7.91. The molecule has 0 saturated heterocycles. The molecule has 6 nitrogen and oxygen atoms in total. The quantitative estimate of drug-likeness (QED) is 0.426. The third kappa shape index (κ3) is 4.85. The number of hydrogen-bond donors (Lipinski definition) is 2. The lowest BCUT2D eigenvalue weighted by Gasteiger charge is -2.13. The van der Waals surface area contributed by atoms with E-state index in [0.717, 1.165) is 17.5 Å². The third-order valence-electron chi connectivity index (χ3n) is 5.37. The number of fused-ring (bicyclic) bond motifs is 1. The number of carbonyl (C=O) groups is 2. The summed E-state index contributed by atoms with van der Waals surface area (Å²) in [6, 6.07) is 19.3. The average Bonchev–Trinajstić information content (AvgIpc) is 2.79. The van der Waals surface area contributed by atoms with Crippen LogP contribution >= 0.6 is 0 Å². The number of amides is 2. The lowest BCUT2D eigenvalue weighted by Crippen LogP contribution is -2.14. The third-order valence-corrected chi connectivity index (χ3v) is 5.37. The van der Waals surface area contributed by atoms with Gasteiger partial charge in [0.25, 0.3) is 5.91 Å². The van der Waals surface area contributed by atoms with E-state index in [-0.39, 0.29) is 17.2 Å². The zero-order valence-corrected chi connectivity index (χ0v) is 18.7. The second-order valence-electron chi connectivity index (χ2n) is 7.91. The molecule has 0 bridgehead atoms. The molecule has 0 radical (unpaired) electrons. The largest absolute Gasteiger partial charge is 0.456 e. The molecule has 1 heterocycles. The van der Waals surface area contributed by atoms with E-state index < -0.39 is 0 Å². The lowest BCUT2D eigenvalue weighted by molar-refractivity contribution is -0.114. The summed E-state index contributed by atoms with van der Waals surface area (Å²) in [7, 11) is 0. The molecule has 166 valence electrons. The van der Waals surface area contributed by atoms with Crippen LogP contribution in [0.1, 0.15) is 35.3 Å². The highest BCUT2D eigenvalue weighted by molar-refractivity contribution is 6.05. The molecule has 4 aromatic rings. The molecule has 1 aromatic heterocycles. The molecule has 4 rings (SSSR count). The van der Waals surface area contributed by atoms with Crippen LogP contribution in [0.5, 0.6) is 0 Å². The SMILES string of the molecule is CCc1ccc(NC(C)=O)cc1NC(=O)c1ccc(-c2cc(=O)c3cc(C)ccc3o2)cc1. The fourth-order valence-electron chi connectivity index (χ4n) is 3.67. The molecule has 0 aliphatic heterocycles. The smallest absolute Gasteiger partial charge is 0.255 e. The molecule has 3 aromatic carbocycles.